The molecule has 0 saturated heterocycles. The van der Waals surface area contributed by atoms with Gasteiger partial charge in [0, 0.05) is 5.56 Å². The largest absolute Gasteiger partial charge is 0.488 e. The maximum atomic E-state index is 9.28. The minimum Gasteiger partial charge on any atom is -0.488 e. The van der Waals surface area contributed by atoms with Crippen LogP contribution in [0.25, 0.3) is 0 Å². The van der Waals surface area contributed by atoms with E-state index in [0.717, 1.165) is 24.3 Å². The Hall–Kier alpha value is -0.730. The van der Waals surface area contributed by atoms with Gasteiger partial charge in [0.05, 0.1) is 17.7 Å². The molecule has 1 aliphatic carbocycles. The van der Waals surface area contributed by atoms with Crippen molar-refractivity contribution in [3.63, 3.8) is 0 Å². The Morgan fingerprint density at radius 2 is 2.00 bits per heavy atom. The number of para-hydroxylation sites is 1. The smallest absolute Gasteiger partial charge is 0.143 e. The maximum Gasteiger partial charge on any atom is 0.143 e. The van der Waals surface area contributed by atoms with E-state index in [9.17, 15) is 5.11 Å². The average molecular weight is 255 g/mol. The number of aliphatic hydroxyl groups excluding tert-OH is 1. The molecule has 2 rings (SSSR count). The van der Waals surface area contributed by atoms with Crippen LogP contribution in [-0.2, 0) is 6.61 Å². The van der Waals surface area contributed by atoms with Crippen molar-refractivity contribution in [2.45, 2.75) is 45.3 Å². The van der Waals surface area contributed by atoms with Crippen LogP contribution >= 0.6 is 11.6 Å². The Balaban J connectivity index is 2.07. The molecule has 1 N–H and O–H groups in total. The third-order valence-corrected chi connectivity index (χ3v) is 3.76. The molecule has 0 heterocycles. The summed E-state index contributed by atoms with van der Waals surface area (Å²) in [5.74, 6) is 1.47. The molecule has 1 fully saturated rings. The Morgan fingerprint density at radius 3 is 2.65 bits per heavy atom. The zero-order chi connectivity index (χ0) is 12.3. The first-order valence-corrected chi connectivity index (χ1v) is 6.63. The average Bonchev–Trinajstić information content (AvgIpc) is 2.34. The van der Waals surface area contributed by atoms with Crippen LogP contribution in [0, 0.1) is 5.92 Å². The first-order valence-electron chi connectivity index (χ1n) is 6.25. The van der Waals surface area contributed by atoms with E-state index in [4.69, 9.17) is 16.3 Å². The SMILES string of the molecule is CC1CCC(Oc2c(Cl)cccc2CO)CC1. The van der Waals surface area contributed by atoms with Crippen molar-refractivity contribution >= 4 is 11.6 Å². The van der Waals surface area contributed by atoms with Gasteiger partial charge in [-0.1, -0.05) is 30.7 Å². The standard InChI is InChI=1S/C14H19ClO2/c1-10-5-7-12(8-6-10)17-14-11(9-16)3-2-4-13(14)15/h2-4,10,12,16H,5-9H2,1H3. The van der Waals surface area contributed by atoms with Crippen LogP contribution in [0.4, 0.5) is 0 Å². The van der Waals surface area contributed by atoms with Crippen LogP contribution in [-0.4, -0.2) is 11.2 Å². The highest BCUT2D eigenvalue weighted by molar-refractivity contribution is 6.32. The van der Waals surface area contributed by atoms with Crippen LogP contribution in [0.2, 0.25) is 5.02 Å². The Morgan fingerprint density at radius 1 is 1.29 bits per heavy atom. The quantitative estimate of drug-likeness (QED) is 0.889. The highest BCUT2D eigenvalue weighted by atomic mass is 35.5. The molecule has 17 heavy (non-hydrogen) atoms. The van der Waals surface area contributed by atoms with E-state index < -0.39 is 0 Å². The summed E-state index contributed by atoms with van der Waals surface area (Å²) in [6, 6.07) is 5.50. The highest BCUT2D eigenvalue weighted by Gasteiger charge is 2.21. The first-order chi connectivity index (χ1) is 8.20. The molecule has 0 aliphatic heterocycles. The number of hydrogen-bond donors (Lipinski definition) is 1. The van der Waals surface area contributed by atoms with E-state index in [1.165, 1.54) is 12.8 Å². The number of hydrogen-bond acceptors (Lipinski definition) is 2. The predicted molar refractivity (Wildman–Crippen MR) is 69.4 cm³/mol. The molecule has 1 saturated carbocycles. The molecule has 0 unspecified atom stereocenters. The molecule has 1 aromatic rings. The van der Waals surface area contributed by atoms with Crippen LogP contribution in [0.3, 0.4) is 0 Å². The monoisotopic (exact) mass is 254 g/mol. The zero-order valence-electron chi connectivity index (χ0n) is 10.2. The van der Waals surface area contributed by atoms with Gasteiger partial charge in [-0.2, -0.15) is 0 Å². The summed E-state index contributed by atoms with van der Waals surface area (Å²) >= 11 is 6.12. The van der Waals surface area contributed by atoms with Gasteiger partial charge in [-0.25, -0.2) is 0 Å². The van der Waals surface area contributed by atoms with Gasteiger partial charge in [0.2, 0.25) is 0 Å². The molecule has 1 aliphatic rings. The molecule has 0 amide bonds. The predicted octanol–water partition coefficient (Wildman–Crippen LogP) is 3.79. The Kier molecular flexibility index (Phi) is 4.30. The number of aliphatic hydroxyl groups is 1. The van der Waals surface area contributed by atoms with Gasteiger partial charge < -0.3 is 9.84 Å². The summed E-state index contributed by atoms with van der Waals surface area (Å²) in [6.45, 7) is 2.25. The molecule has 94 valence electrons. The summed E-state index contributed by atoms with van der Waals surface area (Å²) in [5.41, 5.74) is 0.774. The van der Waals surface area contributed by atoms with Gasteiger partial charge in [0.15, 0.2) is 0 Å². The first kappa shape index (κ1) is 12.7. The van der Waals surface area contributed by atoms with E-state index in [0.29, 0.717) is 10.8 Å². The number of benzene rings is 1. The summed E-state index contributed by atoms with van der Waals surface area (Å²) < 4.78 is 5.96. The summed E-state index contributed by atoms with van der Waals surface area (Å²) in [4.78, 5) is 0. The fourth-order valence-corrected chi connectivity index (χ4v) is 2.56. The van der Waals surface area contributed by atoms with E-state index in [1.54, 1.807) is 0 Å². The summed E-state index contributed by atoms with van der Waals surface area (Å²) in [5, 5.41) is 9.87. The number of ether oxygens (including phenoxy) is 1. The van der Waals surface area contributed by atoms with E-state index >= 15 is 0 Å². The molecular weight excluding hydrogens is 236 g/mol. The number of rotatable bonds is 3. The zero-order valence-corrected chi connectivity index (χ0v) is 10.9. The van der Waals surface area contributed by atoms with E-state index in [2.05, 4.69) is 6.92 Å². The molecule has 0 aromatic heterocycles. The van der Waals surface area contributed by atoms with Gasteiger partial charge in [-0.05, 0) is 37.7 Å². The number of halogens is 1. The van der Waals surface area contributed by atoms with Gasteiger partial charge in [-0.3, -0.25) is 0 Å². The van der Waals surface area contributed by atoms with Gasteiger partial charge >= 0.3 is 0 Å². The van der Waals surface area contributed by atoms with Gasteiger partial charge in [0.25, 0.3) is 0 Å². The molecule has 0 radical (unpaired) electrons. The van der Waals surface area contributed by atoms with Gasteiger partial charge in [0.1, 0.15) is 5.75 Å². The van der Waals surface area contributed by atoms with Crippen LogP contribution in [0.5, 0.6) is 5.75 Å². The summed E-state index contributed by atoms with van der Waals surface area (Å²) in [7, 11) is 0. The highest BCUT2D eigenvalue weighted by Crippen LogP contribution is 2.33. The minimum absolute atomic E-state index is 0.0288. The second-order valence-corrected chi connectivity index (χ2v) is 5.29. The molecule has 0 bridgehead atoms. The lowest BCUT2D eigenvalue weighted by Gasteiger charge is -2.28. The fraction of sp³-hybridized carbons (Fsp3) is 0.571. The third-order valence-electron chi connectivity index (χ3n) is 3.47. The normalized spacial score (nSPS) is 24.6. The minimum atomic E-state index is -0.0288. The van der Waals surface area contributed by atoms with Crippen molar-refractivity contribution in [3.05, 3.63) is 28.8 Å². The summed E-state index contributed by atoms with van der Waals surface area (Å²) in [6.07, 6.45) is 4.83. The van der Waals surface area contributed by atoms with Crippen molar-refractivity contribution in [2.24, 2.45) is 5.92 Å². The Labute approximate surface area is 108 Å². The molecule has 3 heteroatoms. The van der Waals surface area contributed by atoms with E-state index in [1.807, 2.05) is 18.2 Å². The van der Waals surface area contributed by atoms with Crippen LogP contribution < -0.4 is 4.74 Å². The van der Waals surface area contributed by atoms with Crippen molar-refractivity contribution in [3.8, 4) is 5.75 Å². The maximum absolute atomic E-state index is 9.28. The van der Waals surface area contributed by atoms with Gasteiger partial charge in [-0.15, -0.1) is 0 Å². The van der Waals surface area contributed by atoms with Crippen molar-refractivity contribution < 1.29 is 9.84 Å². The van der Waals surface area contributed by atoms with Crippen LogP contribution in [0.15, 0.2) is 18.2 Å². The molecule has 0 spiro atoms. The van der Waals surface area contributed by atoms with E-state index in [-0.39, 0.29) is 12.7 Å². The van der Waals surface area contributed by atoms with Crippen molar-refractivity contribution in [1.82, 2.24) is 0 Å². The lowest BCUT2D eigenvalue weighted by molar-refractivity contribution is 0.132. The van der Waals surface area contributed by atoms with Crippen LogP contribution in [0.1, 0.15) is 38.2 Å². The Bertz CT molecular complexity index is 370. The fourth-order valence-electron chi connectivity index (χ4n) is 2.32. The molecular formula is C14H19ClO2. The topological polar surface area (TPSA) is 29.5 Å². The lowest BCUT2D eigenvalue weighted by Crippen LogP contribution is -2.23. The van der Waals surface area contributed by atoms with Crippen molar-refractivity contribution in [2.75, 3.05) is 0 Å². The lowest BCUT2D eigenvalue weighted by atomic mass is 9.89. The van der Waals surface area contributed by atoms with Crippen molar-refractivity contribution in [1.29, 1.82) is 0 Å². The molecule has 2 nitrogen and oxygen atoms in total. The second kappa shape index (κ2) is 5.74. The second-order valence-electron chi connectivity index (χ2n) is 4.89. The third kappa shape index (κ3) is 3.14. The molecule has 0 atom stereocenters. The molecule has 1 aromatic carbocycles.